The Hall–Kier alpha value is -0.743. The van der Waals surface area contributed by atoms with Crippen molar-refractivity contribution in [2.75, 3.05) is 0 Å². The molecule has 0 bridgehead atoms. The molecule has 0 nitrogen and oxygen atoms in total. The molecule has 0 fully saturated rings. The Morgan fingerprint density at radius 3 is 2.47 bits per heavy atom. The molecule has 0 N–H and O–H groups in total. The highest BCUT2D eigenvalue weighted by Gasteiger charge is 2.07. The van der Waals surface area contributed by atoms with Gasteiger partial charge in [0, 0.05) is 0 Å². The van der Waals surface area contributed by atoms with Gasteiger partial charge in [0.05, 0.1) is 0 Å². The van der Waals surface area contributed by atoms with Crippen molar-refractivity contribution >= 4 is 8.07 Å². The minimum Gasteiger partial charge on any atom is -0.127 e. The SMILES string of the molecule is C=CC/C=C(\C#C[Si](C)(C)C)CCCC. The molecule has 0 unspecified atom stereocenters. The lowest BCUT2D eigenvalue weighted by Gasteiger charge is -2.04. The fourth-order valence-corrected chi connectivity index (χ4v) is 1.61. The Morgan fingerprint density at radius 2 is 2.00 bits per heavy atom. The van der Waals surface area contributed by atoms with Gasteiger partial charge in [0.2, 0.25) is 0 Å². The number of hydrogen-bond acceptors (Lipinski definition) is 0. The molecule has 0 aliphatic carbocycles. The van der Waals surface area contributed by atoms with Gasteiger partial charge in [-0.25, -0.2) is 0 Å². The first-order chi connectivity index (χ1) is 6.99. The second-order valence-electron chi connectivity index (χ2n) is 4.86. The molecule has 15 heavy (non-hydrogen) atoms. The normalized spacial score (nSPS) is 11.9. The van der Waals surface area contributed by atoms with E-state index in [9.17, 15) is 0 Å². The zero-order valence-electron chi connectivity index (χ0n) is 10.7. The van der Waals surface area contributed by atoms with Crippen LogP contribution in [0.3, 0.4) is 0 Å². The average Bonchev–Trinajstić information content (AvgIpc) is 2.15. The molecule has 1 heteroatoms. The van der Waals surface area contributed by atoms with Crippen LogP contribution >= 0.6 is 0 Å². The summed E-state index contributed by atoms with van der Waals surface area (Å²) in [6.07, 6.45) is 8.70. The van der Waals surface area contributed by atoms with Crippen molar-refractivity contribution in [2.45, 2.75) is 52.2 Å². The Bertz CT molecular complexity index is 268. The average molecular weight is 220 g/mol. The van der Waals surface area contributed by atoms with Crippen molar-refractivity contribution in [3.05, 3.63) is 24.3 Å². The summed E-state index contributed by atoms with van der Waals surface area (Å²) >= 11 is 0. The Labute approximate surface area is 96.5 Å². The van der Waals surface area contributed by atoms with Crippen LogP contribution < -0.4 is 0 Å². The van der Waals surface area contributed by atoms with E-state index >= 15 is 0 Å². The molecule has 0 rings (SSSR count). The summed E-state index contributed by atoms with van der Waals surface area (Å²) in [4.78, 5) is 0. The zero-order valence-corrected chi connectivity index (χ0v) is 11.7. The summed E-state index contributed by atoms with van der Waals surface area (Å²) in [6.45, 7) is 12.8. The lowest BCUT2D eigenvalue weighted by molar-refractivity contribution is 0.799. The van der Waals surface area contributed by atoms with E-state index < -0.39 is 8.07 Å². The summed E-state index contributed by atoms with van der Waals surface area (Å²) in [6, 6.07) is 0. The standard InChI is InChI=1S/C14H24Si/c1-6-8-10-14(11-9-7-2)12-13-15(3,4)5/h6,10H,1,7-9,11H2,2-5H3/b14-10-. The highest BCUT2D eigenvalue weighted by Crippen LogP contribution is 2.08. The summed E-state index contributed by atoms with van der Waals surface area (Å²) in [5, 5.41) is 0. The molecule has 0 aromatic carbocycles. The van der Waals surface area contributed by atoms with Crippen LogP contribution in [0.15, 0.2) is 24.3 Å². The van der Waals surface area contributed by atoms with Crippen molar-refractivity contribution in [1.29, 1.82) is 0 Å². The molecule has 0 saturated carbocycles. The van der Waals surface area contributed by atoms with Crippen molar-refractivity contribution in [3.8, 4) is 11.5 Å². The van der Waals surface area contributed by atoms with Crippen molar-refractivity contribution in [1.82, 2.24) is 0 Å². The van der Waals surface area contributed by atoms with Gasteiger partial charge in [-0.05, 0) is 24.8 Å². The molecule has 0 saturated heterocycles. The predicted molar refractivity (Wildman–Crippen MR) is 73.5 cm³/mol. The first-order valence-corrected chi connectivity index (χ1v) is 9.32. The van der Waals surface area contributed by atoms with Crippen LogP contribution in [0.2, 0.25) is 19.6 Å². The molecule has 0 aliphatic heterocycles. The molecule has 0 radical (unpaired) electrons. The fraction of sp³-hybridized carbons (Fsp3) is 0.571. The highest BCUT2D eigenvalue weighted by molar-refractivity contribution is 6.83. The predicted octanol–water partition coefficient (Wildman–Crippen LogP) is 4.56. The molecule has 0 spiro atoms. The van der Waals surface area contributed by atoms with E-state index in [0.29, 0.717) is 0 Å². The van der Waals surface area contributed by atoms with Crippen LogP contribution in [-0.2, 0) is 0 Å². The van der Waals surface area contributed by atoms with Crippen molar-refractivity contribution < 1.29 is 0 Å². The molecular weight excluding hydrogens is 196 g/mol. The summed E-state index contributed by atoms with van der Waals surface area (Å²) < 4.78 is 0. The molecule has 0 aromatic heterocycles. The maximum atomic E-state index is 3.74. The maximum Gasteiger partial charge on any atom is 0.129 e. The molecule has 0 amide bonds. The zero-order chi connectivity index (χ0) is 11.7. The van der Waals surface area contributed by atoms with Gasteiger partial charge >= 0.3 is 0 Å². The Balaban J connectivity index is 4.47. The number of hydrogen-bond donors (Lipinski definition) is 0. The van der Waals surface area contributed by atoms with Gasteiger partial charge in [-0.2, -0.15) is 0 Å². The second-order valence-corrected chi connectivity index (χ2v) is 9.61. The van der Waals surface area contributed by atoms with Crippen LogP contribution in [0.1, 0.15) is 32.6 Å². The molecular formula is C14H24Si. The van der Waals surface area contributed by atoms with E-state index in [1.807, 2.05) is 6.08 Å². The lowest BCUT2D eigenvalue weighted by atomic mass is 10.1. The smallest absolute Gasteiger partial charge is 0.127 e. The first-order valence-electron chi connectivity index (χ1n) is 5.82. The largest absolute Gasteiger partial charge is 0.129 e. The minimum absolute atomic E-state index is 0.944. The van der Waals surface area contributed by atoms with E-state index in [1.54, 1.807) is 0 Å². The van der Waals surface area contributed by atoms with E-state index in [4.69, 9.17) is 0 Å². The van der Waals surface area contributed by atoms with Crippen molar-refractivity contribution in [3.63, 3.8) is 0 Å². The van der Waals surface area contributed by atoms with Gasteiger partial charge in [0.1, 0.15) is 8.07 Å². The van der Waals surface area contributed by atoms with Gasteiger partial charge in [-0.15, -0.1) is 12.1 Å². The van der Waals surface area contributed by atoms with Gasteiger partial charge in [-0.1, -0.05) is 51.1 Å². The van der Waals surface area contributed by atoms with E-state index in [-0.39, 0.29) is 0 Å². The molecule has 0 aromatic rings. The summed E-state index contributed by atoms with van der Waals surface area (Å²) in [5.41, 5.74) is 4.73. The third-order valence-electron chi connectivity index (χ3n) is 1.93. The monoisotopic (exact) mass is 220 g/mol. The van der Waals surface area contributed by atoms with Crippen LogP contribution in [0.25, 0.3) is 0 Å². The van der Waals surface area contributed by atoms with Crippen LogP contribution in [0.5, 0.6) is 0 Å². The topological polar surface area (TPSA) is 0 Å². The van der Waals surface area contributed by atoms with E-state index in [1.165, 1.54) is 18.4 Å². The Kier molecular flexibility index (Phi) is 7.16. The lowest BCUT2D eigenvalue weighted by Crippen LogP contribution is -2.16. The highest BCUT2D eigenvalue weighted by atomic mass is 28.3. The Morgan fingerprint density at radius 1 is 1.33 bits per heavy atom. The van der Waals surface area contributed by atoms with E-state index in [0.717, 1.165) is 12.8 Å². The summed E-state index contributed by atoms with van der Waals surface area (Å²) in [5.74, 6) is 3.35. The van der Waals surface area contributed by atoms with Gasteiger partial charge in [0.25, 0.3) is 0 Å². The minimum atomic E-state index is -1.23. The van der Waals surface area contributed by atoms with Gasteiger partial charge < -0.3 is 0 Å². The molecule has 0 heterocycles. The van der Waals surface area contributed by atoms with Crippen LogP contribution in [0.4, 0.5) is 0 Å². The summed E-state index contributed by atoms with van der Waals surface area (Å²) in [7, 11) is -1.23. The third kappa shape index (κ3) is 9.56. The van der Waals surface area contributed by atoms with E-state index in [2.05, 4.69) is 50.7 Å². The number of rotatable bonds is 5. The molecule has 0 aliphatic rings. The third-order valence-corrected chi connectivity index (χ3v) is 2.80. The van der Waals surface area contributed by atoms with Gasteiger partial charge in [0.15, 0.2) is 0 Å². The van der Waals surface area contributed by atoms with Crippen molar-refractivity contribution in [2.24, 2.45) is 0 Å². The molecule has 0 atom stereocenters. The van der Waals surface area contributed by atoms with Crippen LogP contribution in [0, 0.1) is 11.5 Å². The van der Waals surface area contributed by atoms with Gasteiger partial charge in [-0.3, -0.25) is 0 Å². The quantitative estimate of drug-likeness (QED) is 0.362. The molecule has 84 valence electrons. The second kappa shape index (κ2) is 7.54. The maximum absolute atomic E-state index is 3.74. The number of allylic oxidation sites excluding steroid dienone is 3. The first kappa shape index (κ1) is 14.3. The van der Waals surface area contributed by atoms with Crippen LogP contribution in [-0.4, -0.2) is 8.07 Å². The fourth-order valence-electron chi connectivity index (χ4n) is 1.08. The number of unbranched alkanes of at least 4 members (excludes halogenated alkanes) is 1.